The van der Waals surface area contributed by atoms with Gasteiger partial charge in [0, 0.05) is 19.8 Å². The Bertz CT molecular complexity index is 371. The number of aromatic nitrogens is 2. The maximum absolute atomic E-state index is 10.9. The summed E-state index contributed by atoms with van der Waals surface area (Å²) >= 11 is 0. The topological polar surface area (TPSA) is 67.2 Å². The summed E-state index contributed by atoms with van der Waals surface area (Å²) in [4.78, 5) is 10.9. The molecule has 0 saturated heterocycles. The van der Waals surface area contributed by atoms with Crippen LogP contribution in [0.25, 0.3) is 0 Å². The van der Waals surface area contributed by atoms with E-state index in [1.807, 2.05) is 19.4 Å². The van der Waals surface area contributed by atoms with Crippen LogP contribution in [0.1, 0.15) is 18.4 Å². The Morgan fingerprint density at radius 3 is 3.00 bits per heavy atom. The van der Waals surface area contributed by atoms with Crippen molar-refractivity contribution >= 4 is 5.97 Å². The minimum absolute atomic E-state index is 0.339. The largest absolute Gasteiger partial charge is 0.480 e. The van der Waals surface area contributed by atoms with E-state index in [-0.39, 0.29) is 6.04 Å². The Morgan fingerprint density at radius 1 is 1.75 bits per heavy atom. The highest BCUT2D eigenvalue weighted by Crippen LogP contribution is 2.32. The molecule has 1 unspecified atom stereocenters. The van der Waals surface area contributed by atoms with Gasteiger partial charge in [-0.1, -0.05) is 0 Å². The van der Waals surface area contributed by atoms with E-state index in [1.165, 1.54) is 0 Å². The van der Waals surface area contributed by atoms with Crippen LogP contribution in [0.2, 0.25) is 0 Å². The van der Waals surface area contributed by atoms with Crippen molar-refractivity contribution in [2.24, 2.45) is 13.0 Å². The SMILES string of the molecule is Cn1cc(CCNC(C(=O)O)C2CC2)cn1. The van der Waals surface area contributed by atoms with E-state index in [0.29, 0.717) is 12.5 Å². The molecule has 1 atom stereocenters. The molecule has 1 saturated carbocycles. The summed E-state index contributed by atoms with van der Waals surface area (Å²) < 4.78 is 1.75. The Labute approximate surface area is 94.5 Å². The molecule has 0 radical (unpaired) electrons. The van der Waals surface area contributed by atoms with Gasteiger partial charge >= 0.3 is 5.97 Å². The first-order valence-electron chi connectivity index (χ1n) is 5.60. The number of aryl methyl sites for hydroxylation is 1. The number of nitrogens with one attached hydrogen (secondary N) is 1. The minimum Gasteiger partial charge on any atom is -0.480 e. The lowest BCUT2D eigenvalue weighted by molar-refractivity contribution is -0.140. The maximum atomic E-state index is 10.9. The molecule has 0 spiro atoms. The van der Waals surface area contributed by atoms with Crippen LogP contribution >= 0.6 is 0 Å². The van der Waals surface area contributed by atoms with E-state index in [4.69, 9.17) is 5.11 Å². The van der Waals surface area contributed by atoms with E-state index in [0.717, 1.165) is 24.8 Å². The molecule has 5 heteroatoms. The Kier molecular flexibility index (Phi) is 3.24. The van der Waals surface area contributed by atoms with Crippen molar-refractivity contribution in [2.75, 3.05) is 6.54 Å². The van der Waals surface area contributed by atoms with Crippen molar-refractivity contribution in [3.8, 4) is 0 Å². The third-order valence-electron chi connectivity index (χ3n) is 2.90. The van der Waals surface area contributed by atoms with Gasteiger partial charge in [0.05, 0.1) is 6.20 Å². The second-order valence-corrected chi connectivity index (χ2v) is 4.38. The standard InChI is InChI=1S/C11H17N3O2/c1-14-7-8(6-13-14)4-5-12-10(11(15)16)9-2-3-9/h6-7,9-10,12H,2-5H2,1H3,(H,15,16). The van der Waals surface area contributed by atoms with Gasteiger partial charge in [-0.25, -0.2) is 0 Å². The predicted molar refractivity (Wildman–Crippen MR) is 59.1 cm³/mol. The van der Waals surface area contributed by atoms with Crippen molar-refractivity contribution in [1.82, 2.24) is 15.1 Å². The highest BCUT2D eigenvalue weighted by molar-refractivity contribution is 5.74. The molecule has 0 aliphatic heterocycles. The molecule has 1 aliphatic rings. The van der Waals surface area contributed by atoms with Gasteiger partial charge in [-0.15, -0.1) is 0 Å². The first kappa shape index (κ1) is 11.1. The Morgan fingerprint density at radius 2 is 2.50 bits per heavy atom. The van der Waals surface area contributed by atoms with Crippen molar-refractivity contribution in [1.29, 1.82) is 0 Å². The van der Waals surface area contributed by atoms with Crippen LogP contribution in [0.4, 0.5) is 0 Å². The molecular formula is C11H17N3O2. The van der Waals surface area contributed by atoms with Gasteiger partial charge in [0.15, 0.2) is 0 Å². The van der Waals surface area contributed by atoms with Crippen LogP contribution in [-0.4, -0.2) is 33.4 Å². The highest BCUT2D eigenvalue weighted by atomic mass is 16.4. The Hall–Kier alpha value is -1.36. The lowest BCUT2D eigenvalue weighted by atomic mass is 10.1. The molecule has 88 valence electrons. The average molecular weight is 223 g/mol. The molecule has 1 aromatic rings. The molecule has 1 aromatic heterocycles. The molecule has 0 amide bonds. The number of hydrogen-bond donors (Lipinski definition) is 2. The van der Waals surface area contributed by atoms with Crippen molar-refractivity contribution in [3.63, 3.8) is 0 Å². The zero-order valence-corrected chi connectivity index (χ0v) is 9.39. The normalized spacial score (nSPS) is 17.3. The number of aliphatic carboxylic acids is 1. The number of nitrogens with zero attached hydrogens (tertiary/aromatic N) is 2. The summed E-state index contributed by atoms with van der Waals surface area (Å²) in [5.74, 6) is -0.389. The van der Waals surface area contributed by atoms with Crippen LogP contribution < -0.4 is 5.32 Å². The number of hydrogen-bond acceptors (Lipinski definition) is 3. The van der Waals surface area contributed by atoms with Crippen molar-refractivity contribution < 1.29 is 9.90 Å². The number of carboxylic acid groups (broad SMARTS) is 1. The Balaban J connectivity index is 1.76. The van der Waals surface area contributed by atoms with E-state index in [2.05, 4.69) is 10.4 Å². The molecular weight excluding hydrogens is 206 g/mol. The quantitative estimate of drug-likeness (QED) is 0.733. The van der Waals surface area contributed by atoms with Crippen LogP contribution in [-0.2, 0) is 18.3 Å². The van der Waals surface area contributed by atoms with Gasteiger partial charge in [-0.2, -0.15) is 5.10 Å². The monoisotopic (exact) mass is 223 g/mol. The van der Waals surface area contributed by atoms with Gasteiger partial charge in [0.2, 0.25) is 0 Å². The minimum atomic E-state index is -0.728. The second kappa shape index (κ2) is 4.65. The summed E-state index contributed by atoms with van der Waals surface area (Å²) in [5.41, 5.74) is 1.13. The molecule has 5 nitrogen and oxygen atoms in total. The van der Waals surface area contributed by atoms with Crippen LogP contribution in [0.15, 0.2) is 12.4 Å². The van der Waals surface area contributed by atoms with E-state index >= 15 is 0 Å². The number of carbonyl (C=O) groups is 1. The van der Waals surface area contributed by atoms with Gasteiger partial charge < -0.3 is 10.4 Å². The molecule has 0 aromatic carbocycles. The van der Waals surface area contributed by atoms with Crippen molar-refractivity contribution in [3.05, 3.63) is 18.0 Å². The van der Waals surface area contributed by atoms with E-state index in [1.54, 1.807) is 4.68 Å². The maximum Gasteiger partial charge on any atom is 0.320 e. The summed E-state index contributed by atoms with van der Waals surface area (Å²) in [6, 6.07) is -0.364. The third kappa shape index (κ3) is 2.82. The third-order valence-corrected chi connectivity index (χ3v) is 2.90. The van der Waals surface area contributed by atoms with Crippen LogP contribution in [0, 0.1) is 5.92 Å². The molecule has 2 N–H and O–H groups in total. The van der Waals surface area contributed by atoms with Gasteiger partial charge in [0.1, 0.15) is 6.04 Å². The highest BCUT2D eigenvalue weighted by Gasteiger charge is 2.35. The fraction of sp³-hybridized carbons (Fsp3) is 0.636. The summed E-state index contributed by atoms with van der Waals surface area (Å²) in [6.07, 6.45) is 6.67. The molecule has 16 heavy (non-hydrogen) atoms. The number of rotatable bonds is 6. The molecule has 0 bridgehead atoms. The fourth-order valence-corrected chi connectivity index (χ4v) is 1.86. The molecule has 1 fully saturated rings. The van der Waals surface area contributed by atoms with E-state index in [9.17, 15) is 4.79 Å². The lowest BCUT2D eigenvalue weighted by Gasteiger charge is -2.12. The van der Waals surface area contributed by atoms with Crippen molar-refractivity contribution in [2.45, 2.75) is 25.3 Å². The summed E-state index contributed by atoms with van der Waals surface area (Å²) in [6.45, 7) is 0.694. The smallest absolute Gasteiger partial charge is 0.320 e. The predicted octanol–water partition coefficient (Wildman–Crippen LogP) is 0.415. The zero-order valence-electron chi connectivity index (χ0n) is 9.39. The fourth-order valence-electron chi connectivity index (χ4n) is 1.86. The number of carboxylic acids is 1. The summed E-state index contributed by atoms with van der Waals surface area (Å²) in [7, 11) is 1.88. The van der Waals surface area contributed by atoms with Gasteiger partial charge in [-0.3, -0.25) is 9.48 Å². The average Bonchev–Trinajstić information content (AvgIpc) is 2.97. The van der Waals surface area contributed by atoms with Crippen LogP contribution in [0.5, 0.6) is 0 Å². The molecule has 2 rings (SSSR count). The summed E-state index contributed by atoms with van der Waals surface area (Å²) in [5, 5.41) is 16.2. The lowest BCUT2D eigenvalue weighted by Crippen LogP contribution is -2.39. The second-order valence-electron chi connectivity index (χ2n) is 4.38. The van der Waals surface area contributed by atoms with Gasteiger partial charge in [-0.05, 0) is 30.7 Å². The molecule has 1 aliphatic carbocycles. The first-order valence-corrected chi connectivity index (χ1v) is 5.60. The van der Waals surface area contributed by atoms with Gasteiger partial charge in [0.25, 0.3) is 0 Å². The first-order chi connectivity index (χ1) is 7.66. The van der Waals surface area contributed by atoms with Crippen LogP contribution in [0.3, 0.4) is 0 Å². The molecule has 1 heterocycles. The van der Waals surface area contributed by atoms with E-state index < -0.39 is 5.97 Å². The zero-order chi connectivity index (χ0) is 11.5.